The monoisotopic (exact) mass is 380 g/mol. The number of furan rings is 1. The molecule has 0 atom stereocenters. The topological polar surface area (TPSA) is 77.5 Å². The smallest absolute Gasteiger partial charge is 0.249 e. The highest BCUT2D eigenvalue weighted by Crippen LogP contribution is 2.38. The summed E-state index contributed by atoms with van der Waals surface area (Å²) >= 11 is 0. The molecule has 2 heterocycles. The number of allylic oxidation sites excluding steroid dienone is 1. The van der Waals surface area contributed by atoms with E-state index in [0.29, 0.717) is 18.2 Å². The van der Waals surface area contributed by atoms with Crippen LogP contribution < -0.4 is 10.1 Å². The van der Waals surface area contributed by atoms with Gasteiger partial charge in [0.05, 0.1) is 6.61 Å². The molecule has 28 heavy (non-hydrogen) atoms. The molecule has 1 N–H and O–H groups in total. The maximum atomic E-state index is 12.4. The van der Waals surface area contributed by atoms with Crippen molar-refractivity contribution in [3.8, 4) is 5.75 Å². The quantitative estimate of drug-likeness (QED) is 0.627. The van der Waals surface area contributed by atoms with Gasteiger partial charge >= 0.3 is 0 Å². The molecule has 0 radical (unpaired) electrons. The molecule has 3 aromatic rings. The van der Waals surface area contributed by atoms with Crippen LogP contribution in [-0.4, -0.2) is 17.7 Å². The fourth-order valence-corrected chi connectivity index (χ4v) is 3.73. The molecular formula is C22H24N2O4. The Labute approximate surface area is 163 Å². The Morgan fingerprint density at radius 3 is 2.86 bits per heavy atom. The van der Waals surface area contributed by atoms with Gasteiger partial charge in [-0.25, -0.2) is 0 Å². The van der Waals surface area contributed by atoms with Gasteiger partial charge in [0.1, 0.15) is 22.9 Å². The van der Waals surface area contributed by atoms with E-state index in [2.05, 4.69) is 16.5 Å². The zero-order valence-corrected chi connectivity index (χ0v) is 16.4. The zero-order chi connectivity index (χ0) is 19.7. The standard InChI is InChI=1S/C22H24N2O4/c1-4-26-19-12-20-17(15-7-5-6-8-18(15)27-20)11-16(19)13(2)9-22(25)23-21-10-14(3)28-24-21/h9-12H,4-8H2,1-3H3,(H,23,24,25)/b13-9+. The van der Waals surface area contributed by atoms with E-state index >= 15 is 0 Å². The molecule has 0 saturated heterocycles. The number of anilines is 1. The summed E-state index contributed by atoms with van der Waals surface area (Å²) in [6.45, 7) is 6.17. The summed E-state index contributed by atoms with van der Waals surface area (Å²) in [4.78, 5) is 12.4. The number of ether oxygens (including phenoxy) is 1. The van der Waals surface area contributed by atoms with E-state index in [4.69, 9.17) is 13.7 Å². The largest absolute Gasteiger partial charge is 0.493 e. The van der Waals surface area contributed by atoms with Crippen molar-refractivity contribution in [3.63, 3.8) is 0 Å². The summed E-state index contributed by atoms with van der Waals surface area (Å²) < 4.78 is 16.9. The number of rotatable bonds is 5. The number of aromatic nitrogens is 1. The number of benzene rings is 1. The summed E-state index contributed by atoms with van der Waals surface area (Å²) in [5.74, 6) is 2.59. The van der Waals surface area contributed by atoms with E-state index in [-0.39, 0.29) is 5.91 Å². The van der Waals surface area contributed by atoms with E-state index < -0.39 is 0 Å². The van der Waals surface area contributed by atoms with Crippen LogP contribution in [0, 0.1) is 6.92 Å². The Morgan fingerprint density at radius 2 is 2.11 bits per heavy atom. The minimum Gasteiger partial charge on any atom is -0.493 e. The molecule has 0 bridgehead atoms. The highest BCUT2D eigenvalue weighted by atomic mass is 16.5. The van der Waals surface area contributed by atoms with Crippen molar-refractivity contribution in [3.05, 3.63) is 46.9 Å². The average Bonchev–Trinajstić information content (AvgIpc) is 3.23. The first-order valence-corrected chi connectivity index (χ1v) is 9.69. The SMILES string of the molecule is CCOc1cc2oc3c(c2cc1/C(C)=C/C(=O)Nc1cc(C)on1)CCCC3. The summed E-state index contributed by atoms with van der Waals surface area (Å²) in [5.41, 5.74) is 3.86. The first-order valence-electron chi connectivity index (χ1n) is 9.69. The summed E-state index contributed by atoms with van der Waals surface area (Å²) in [5, 5.41) is 7.63. The van der Waals surface area contributed by atoms with Gasteiger partial charge in [0.15, 0.2) is 5.82 Å². The van der Waals surface area contributed by atoms with Crippen LogP contribution in [0.25, 0.3) is 16.5 Å². The third kappa shape index (κ3) is 3.54. The van der Waals surface area contributed by atoms with E-state index in [0.717, 1.165) is 46.5 Å². The Kier molecular flexibility index (Phi) is 4.94. The van der Waals surface area contributed by atoms with E-state index in [9.17, 15) is 4.79 Å². The molecule has 0 fully saturated rings. The fraction of sp³-hybridized carbons (Fsp3) is 0.364. The molecule has 0 aliphatic heterocycles. The molecule has 6 heteroatoms. The molecule has 2 aromatic heterocycles. The van der Waals surface area contributed by atoms with Crippen LogP contribution in [0.15, 0.2) is 33.2 Å². The molecule has 4 rings (SSSR count). The molecule has 1 amide bonds. The minimum absolute atomic E-state index is 0.262. The number of nitrogens with zero attached hydrogens (tertiary/aromatic N) is 1. The van der Waals surface area contributed by atoms with Crippen LogP contribution in [0.4, 0.5) is 5.82 Å². The van der Waals surface area contributed by atoms with Crippen LogP contribution in [0.2, 0.25) is 0 Å². The molecule has 6 nitrogen and oxygen atoms in total. The summed E-state index contributed by atoms with van der Waals surface area (Å²) in [7, 11) is 0. The number of fused-ring (bicyclic) bond motifs is 3. The van der Waals surface area contributed by atoms with Crippen LogP contribution in [-0.2, 0) is 17.6 Å². The first kappa shape index (κ1) is 18.3. The van der Waals surface area contributed by atoms with Gasteiger partial charge in [0, 0.05) is 41.1 Å². The van der Waals surface area contributed by atoms with Gasteiger partial charge < -0.3 is 19.0 Å². The minimum atomic E-state index is -0.262. The number of hydrogen-bond donors (Lipinski definition) is 1. The highest BCUT2D eigenvalue weighted by molar-refractivity contribution is 6.04. The maximum Gasteiger partial charge on any atom is 0.249 e. The van der Waals surface area contributed by atoms with Gasteiger partial charge in [-0.1, -0.05) is 5.16 Å². The lowest BCUT2D eigenvalue weighted by Crippen LogP contribution is -2.09. The lowest BCUT2D eigenvalue weighted by Gasteiger charge is -2.12. The Bertz CT molecular complexity index is 1060. The molecule has 0 spiro atoms. The van der Waals surface area contributed by atoms with Crippen molar-refractivity contribution in [1.82, 2.24) is 5.16 Å². The lowest BCUT2D eigenvalue weighted by atomic mass is 9.94. The van der Waals surface area contributed by atoms with Gasteiger partial charge in [-0.05, 0) is 51.7 Å². The van der Waals surface area contributed by atoms with Crippen molar-refractivity contribution >= 4 is 28.3 Å². The predicted octanol–water partition coefficient (Wildman–Crippen LogP) is 5.05. The van der Waals surface area contributed by atoms with E-state index in [1.807, 2.05) is 19.9 Å². The highest BCUT2D eigenvalue weighted by Gasteiger charge is 2.20. The second kappa shape index (κ2) is 7.54. The summed E-state index contributed by atoms with van der Waals surface area (Å²) in [6.07, 6.45) is 5.92. The van der Waals surface area contributed by atoms with Crippen molar-refractivity contribution in [2.45, 2.75) is 46.5 Å². The van der Waals surface area contributed by atoms with E-state index in [1.54, 1.807) is 19.1 Å². The van der Waals surface area contributed by atoms with Crippen molar-refractivity contribution in [2.75, 3.05) is 11.9 Å². The molecule has 1 aliphatic rings. The lowest BCUT2D eigenvalue weighted by molar-refractivity contribution is -0.111. The number of amides is 1. The molecule has 146 valence electrons. The first-order chi connectivity index (χ1) is 13.5. The number of carbonyl (C=O) groups excluding carboxylic acids is 1. The fourth-order valence-electron chi connectivity index (χ4n) is 3.73. The van der Waals surface area contributed by atoms with Crippen LogP contribution in [0.5, 0.6) is 5.75 Å². The third-order valence-corrected chi connectivity index (χ3v) is 5.01. The van der Waals surface area contributed by atoms with Gasteiger partial charge in [0.2, 0.25) is 5.91 Å². The van der Waals surface area contributed by atoms with Crippen LogP contribution >= 0.6 is 0 Å². The molecule has 1 aromatic carbocycles. The number of hydrogen-bond acceptors (Lipinski definition) is 5. The Morgan fingerprint density at radius 1 is 1.29 bits per heavy atom. The van der Waals surface area contributed by atoms with Gasteiger partial charge in [-0.15, -0.1) is 0 Å². The van der Waals surface area contributed by atoms with Gasteiger partial charge in [-0.3, -0.25) is 4.79 Å². The molecule has 0 unspecified atom stereocenters. The summed E-state index contributed by atoms with van der Waals surface area (Å²) in [6, 6.07) is 5.71. The predicted molar refractivity (Wildman–Crippen MR) is 108 cm³/mol. The second-order valence-electron chi connectivity index (χ2n) is 7.13. The molecule has 1 aliphatic carbocycles. The molecular weight excluding hydrogens is 356 g/mol. The Balaban J connectivity index is 1.70. The number of carbonyl (C=O) groups is 1. The van der Waals surface area contributed by atoms with E-state index in [1.165, 1.54) is 18.4 Å². The van der Waals surface area contributed by atoms with Crippen molar-refractivity contribution < 1.29 is 18.5 Å². The van der Waals surface area contributed by atoms with Gasteiger partial charge in [0.25, 0.3) is 0 Å². The molecule has 0 saturated carbocycles. The van der Waals surface area contributed by atoms with Crippen molar-refractivity contribution in [2.24, 2.45) is 0 Å². The third-order valence-electron chi connectivity index (χ3n) is 5.01. The normalized spacial score (nSPS) is 14.2. The van der Waals surface area contributed by atoms with Crippen LogP contribution in [0.3, 0.4) is 0 Å². The van der Waals surface area contributed by atoms with Crippen LogP contribution in [0.1, 0.15) is 49.3 Å². The second-order valence-corrected chi connectivity index (χ2v) is 7.13. The van der Waals surface area contributed by atoms with Gasteiger partial charge in [-0.2, -0.15) is 0 Å². The zero-order valence-electron chi connectivity index (χ0n) is 16.4. The maximum absolute atomic E-state index is 12.4. The Hall–Kier alpha value is -3.02. The number of nitrogens with one attached hydrogen (secondary N) is 1. The van der Waals surface area contributed by atoms with Crippen molar-refractivity contribution in [1.29, 1.82) is 0 Å². The number of aryl methyl sites for hydroxylation is 3. The average molecular weight is 380 g/mol.